The first-order chi connectivity index (χ1) is 22.5. The third kappa shape index (κ3) is 48.3. The molecule has 1 heterocycles. The molecule has 0 aromatic rings. The average Bonchev–Trinajstić information content (AvgIpc) is 3.47. The molecule has 0 radical (unpaired) electrons. The van der Waals surface area contributed by atoms with Crippen molar-refractivity contribution in [3.05, 3.63) is 91.1 Å². The van der Waals surface area contributed by atoms with Crippen molar-refractivity contribution < 1.29 is 39.8 Å². The lowest BCUT2D eigenvalue weighted by Gasteiger charge is -2.20. The molecule has 8 heteroatoms. The van der Waals surface area contributed by atoms with Crippen molar-refractivity contribution in [1.82, 2.24) is 0 Å². The van der Waals surface area contributed by atoms with Crippen LogP contribution in [0.2, 0.25) is 0 Å². The molecule has 4 atom stereocenters. The smallest absolute Gasteiger partial charge is 0.305 e. The van der Waals surface area contributed by atoms with Crippen LogP contribution in [0.4, 0.5) is 0 Å². The zero-order valence-corrected chi connectivity index (χ0v) is 29.6. The zero-order valence-electron chi connectivity index (χ0n) is 29.6. The number of unbranched alkanes of at least 4 members (excludes halogenated alkanes) is 11. The quantitative estimate of drug-likeness (QED) is 0.0538. The van der Waals surface area contributed by atoms with Gasteiger partial charge >= 0.3 is 5.97 Å². The summed E-state index contributed by atoms with van der Waals surface area (Å²) < 4.78 is 10.2. The Balaban J connectivity index is -0.000000162. The molecule has 0 bridgehead atoms. The van der Waals surface area contributed by atoms with E-state index in [-0.39, 0.29) is 32.4 Å². The predicted molar refractivity (Wildman–Crippen MR) is 200 cm³/mol. The fourth-order valence-electron chi connectivity index (χ4n) is 3.65. The van der Waals surface area contributed by atoms with Crippen LogP contribution in [0, 0.1) is 0 Å². The third-order valence-electron chi connectivity index (χ3n) is 5.73. The maximum atomic E-state index is 11.7. The van der Waals surface area contributed by atoms with E-state index in [1.807, 2.05) is 0 Å². The highest BCUT2D eigenvalue weighted by Crippen LogP contribution is 2.18. The van der Waals surface area contributed by atoms with Gasteiger partial charge < -0.3 is 35.0 Å². The highest BCUT2D eigenvalue weighted by molar-refractivity contribution is 5.69. The van der Waals surface area contributed by atoms with Gasteiger partial charge in [0.25, 0.3) is 0 Å². The summed E-state index contributed by atoms with van der Waals surface area (Å²) in [5, 5.41) is 44.2. The van der Waals surface area contributed by atoms with E-state index >= 15 is 0 Å². The average molecular weight is 659 g/mol. The van der Waals surface area contributed by atoms with Crippen molar-refractivity contribution in [2.45, 2.75) is 121 Å². The van der Waals surface area contributed by atoms with Gasteiger partial charge in [-0.05, 0) is 32.1 Å². The molecule has 1 aliphatic rings. The van der Waals surface area contributed by atoms with E-state index in [9.17, 15) is 20.1 Å². The van der Waals surface area contributed by atoms with Crippen LogP contribution in [0.25, 0.3) is 0 Å². The molecular weight excluding hydrogens is 584 g/mol. The molecule has 0 saturated carbocycles. The molecule has 0 aliphatic carbocycles. The molecule has 0 amide bonds. The second kappa shape index (κ2) is 61.4. The molecule has 8 nitrogen and oxygen atoms in total. The predicted octanol–water partition coefficient (Wildman–Crippen LogP) is 7.83. The van der Waals surface area contributed by atoms with Gasteiger partial charge in [0.15, 0.2) is 0 Å². The lowest BCUT2D eigenvalue weighted by Crippen LogP contribution is -2.41. The summed E-state index contributed by atoms with van der Waals surface area (Å²) in [6.45, 7) is 37.8. The van der Waals surface area contributed by atoms with Gasteiger partial charge in [0.05, 0.1) is 19.8 Å². The molecular formula is C38H74O8. The molecule has 1 saturated heterocycles. The molecule has 46 heavy (non-hydrogen) atoms. The maximum absolute atomic E-state index is 11.7. The van der Waals surface area contributed by atoms with Crippen molar-refractivity contribution in [3.8, 4) is 0 Å². The van der Waals surface area contributed by atoms with Gasteiger partial charge in [0, 0.05) is 6.42 Å². The Labute approximate surface area is 284 Å². The topological polar surface area (TPSA) is 137 Å². The van der Waals surface area contributed by atoms with Crippen LogP contribution >= 0.6 is 0 Å². The van der Waals surface area contributed by atoms with Crippen LogP contribution in [-0.4, -0.2) is 82.3 Å². The van der Waals surface area contributed by atoms with Crippen molar-refractivity contribution in [3.63, 3.8) is 0 Å². The SMILES string of the molecule is C=C.C=C.C=C.C=C.C=C.C=C.CCCCCCCC/C=C\CCCCCCCC(=O)OC[C@@H](O)[C@H]1OC[C@H](O)[C@H]1O.OCCO. The van der Waals surface area contributed by atoms with Gasteiger partial charge in [-0.2, -0.15) is 0 Å². The van der Waals surface area contributed by atoms with Gasteiger partial charge in [-0.1, -0.05) is 70.4 Å². The number of aliphatic hydroxyl groups is 5. The van der Waals surface area contributed by atoms with Gasteiger partial charge in [0.1, 0.15) is 31.0 Å². The molecule has 274 valence electrons. The summed E-state index contributed by atoms with van der Waals surface area (Å²) >= 11 is 0. The van der Waals surface area contributed by atoms with E-state index in [1.165, 1.54) is 57.8 Å². The largest absolute Gasteiger partial charge is 0.463 e. The van der Waals surface area contributed by atoms with E-state index in [0.29, 0.717) is 6.42 Å². The number of hydrogen-bond acceptors (Lipinski definition) is 8. The summed E-state index contributed by atoms with van der Waals surface area (Å²) in [7, 11) is 0. The van der Waals surface area contributed by atoms with Crippen LogP contribution < -0.4 is 0 Å². The number of hydrogen-bond donors (Lipinski definition) is 5. The normalized spacial score (nSPS) is 15.9. The Morgan fingerprint density at radius 1 is 0.717 bits per heavy atom. The Hall–Kier alpha value is -2.59. The minimum atomic E-state index is -1.15. The number of carbonyl (C=O) groups is 1. The van der Waals surface area contributed by atoms with Crippen LogP contribution in [0.3, 0.4) is 0 Å². The van der Waals surface area contributed by atoms with Gasteiger partial charge in [-0.25, -0.2) is 0 Å². The van der Waals surface area contributed by atoms with Crippen molar-refractivity contribution in [2.75, 3.05) is 26.4 Å². The monoisotopic (exact) mass is 659 g/mol. The highest BCUT2D eigenvalue weighted by atomic mass is 16.6. The second-order valence-corrected chi connectivity index (χ2v) is 8.89. The molecule has 0 aromatic heterocycles. The summed E-state index contributed by atoms with van der Waals surface area (Å²) in [5.74, 6) is -0.347. The molecule has 5 N–H and O–H groups in total. The van der Waals surface area contributed by atoms with E-state index < -0.39 is 24.4 Å². The molecule has 1 aliphatic heterocycles. The van der Waals surface area contributed by atoms with Crippen LogP contribution in [0.5, 0.6) is 0 Å². The minimum Gasteiger partial charge on any atom is -0.463 e. The fraction of sp³-hybridized carbons (Fsp3) is 0.605. The Kier molecular flexibility index (Phi) is 78.6. The second-order valence-electron chi connectivity index (χ2n) is 8.89. The van der Waals surface area contributed by atoms with E-state index in [2.05, 4.69) is 98.0 Å². The molecule has 1 rings (SSSR count). The summed E-state index contributed by atoms with van der Waals surface area (Å²) in [6.07, 6.45) is 16.5. The molecule has 0 unspecified atom stereocenters. The zero-order chi connectivity index (χ0) is 37.4. The van der Waals surface area contributed by atoms with Crippen LogP contribution in [0.15, 0.2) is 91.1 Å². The summed E-state index contributed by atoms with van der Waals surface area (Å²) in [4.78, 5) is 11.7. The number of carbonyl (C=O) groups excluding carboxylic acids is 1. The first kappa shape index (κ1) is 58.9. The Morgan fingerprint density at radius 3 is 1.48 bits per heavy atom. The van der Waals surface area contributed by atoms with Gasteiger partial charge in [-0.3, -0.25) is 4.79 Å². The first-order valence-electron chi connectivity index (χ1n) is 16.2. The fourth-order valence-corrected chi connectivity index (χ4v) is 3.65. The van der Waals surface area contributed by atoms with Crippen molar-refractivity contribution in [2.24, 2.45) is 0 Å². The molecule has 1 fully saturated rings. The lowest BCUT2D eigenvalue weighted by molar-refractivity contribution is -0.151. The number of esters is 1. The number of rotatable bonds is 19. The lowest BCUT2D eigenvalue weighted by atomic mass is 10.1. The molecule has 0 aromatic carbocycles. The maximum Gasteiger partial charge on any atom is 0.305 e. The first-order valence-corrected chi connectivity index (χ1v) is 16.2. The Bertz CT molecular complexity index is 555. The van der Waals surface area contributed by atoms with E-state index in [0.717, 1.165) is 25.7 Å². The highest BCUT2D eigenvalue weighted by Gasteiger charge is 2.39. The minimum absolute atomic E-state index is 0.0221. The van der Waals surface area contributed by atoms with Crippen molar-refractivity contribution >= 4 is 5.97 Å². The number of ether oxygens (including phenoxy) is 2. The van der Waals surface area contributed by atoms with Crippen molar-refractivity contribution in [1.29, 1.82) is 0 Å². The van der Waals surface area contributed by atoms with Crippen LogP contribution in [0.1, 0.15) is 96.8 Å². The number of aliphatic hydroxyl groups excluding tert-OH is 5. The van der Waals surface area contributed by atoms with Crippen LogP contribution in [-0.2, 0) is 14.3 Å². The van der Waals surface area contributed by atoms with Gasteiger partial charge in [0.2, 0.25) is 0 Å². The number of allylic oxidation sites excluding steroid dienone is 2. The summed E-state index contributed by atoms with van der Waals surface area (Å²) in [5.41, 5.74) is 0. The van der Waals surface area contributed by atoms with E-state index in [1.54, 1.807) is 0 Å². The summed E-state index contributed by atoms with van der Waals surface area (Å²) in [6, 6.07) is 0. The Morgan fingerprint density at radius 2 is 1.11 bits per heavy atom. The van der Waals surface area contributed by atoms with Gasteiger partial charge in [-0.15, -0.1) is 78.9 Å². The van der Waals surface area contributed by atoms with E-state index in [4.69, 9.17) is 19.7 Å². The third-order valence-corrected chi connectivity index (χ3v) is 5.73. The standard InChI is InChI=1S/C24H44O6.C2H6O2.6C2H4/c1-2-3-4-5-6-7-8-9-10-11-12-13-14-15-16-17-22(27)29-19-21(26)24-23(28)20(25)18-30-24;3-1-2-4;6*1-2/h9-10,20-21,23-26,28H,2-8,11-19H2,1H3;3-4H,1-2H2;6*1-2H2/b10-9-;;;;;;;/t20-,21+,23+,24+;;;;;;;/m0......./s1. The molecule has 0 spiro atoms.